The van der Waals surface area contributed by atoms with Gasteiger partial charge in [-0.25, -0.2) is 8.42 Å². The highest BCUT2D eigenvalue weighted by Gasteiger charge is 2.45. The highest BCUT2D eigenvalue weighted by atomic mass is 32.2. The summed E-state index contributed by atoms with van der Waals surface area (Å²) in [7, 11) is -21.1. The molecule has 2 aliphatic heterocycles. The first-order valence-corrected chi connectivity index (χ1v) is 30.6. The Morgan fingerprint density at radius 1 is 0.750 bits per heavy atom. The fraction of sp³-hybridized carbons (Fsp3) is 0.283. The van der Waals surface area contributed by atoms with Crippen LogP contribution in [0.15, 0.2) is 117 Å². The van der Waals surface area contributed by atoms with E-state index in [1.165, 1.54) is 67.0 Å². The van der Waals surface area contributed by atoms with Crippen LogP contribution in [0, 0.1) is 0 Å². The summed E-state index contributed by atoms with van der Waals surface area (Å²) in [5.41, 5.74) is 2.17. The molecule has 0 aliphatic carbocycles. The van der Waals surface area contributed by atoms with E-state index in [-0.39, 0.29) is 68.6 Å². The number of carbonyl (C=O) groups is 2. The summed E-state index contributed by atoms with van der Waals surface area (Å²) >= 11 is 0.672. The number of nitrogens with one attached hydrogen (secondary N) is 2. The van der Waals surface area contributed by atoms with Crippen molar-refractivity contribution in [1.82, 2.24) is 25.5 Å². The Bertz CT molecular complexity index is 3820. The van der Waals surface area contributed by atoms with E-state index < -0.39 is 85.3 Å². The van der Waals surface area contributed by atoms with Crippen LogP contribution >= 0.6 is 11.3 Å². The van der Waals surface area contributed by atoms with Crippen molar-refractivity contribution >= 4 is 102 Å². The minimum atomic E-state index is -4.65. The average molecular weight is 1160 g/mol. The second-order valence-corrected chi connectivity index (χ2v) is 26.5. The van der Waals surface area contributed by atoms with Crippen molar-refractivity contribution in [1.29, 1.82) is 0 Å². The number of amides is 2. The lowest BCUT2D eigenvalue weighted by molar-refractivity contribution is -0.437. The molecule has 76 heavy (non-hydrogen) atoms. The summed E-state index contributed by atoms with van der Waals surface area (Å²) in [6.07, 6.45) is 9.13. The maximum Gasteiger partial charge on any atom is 0.294 e. The number of fused-ring (bicyclic) bond motifs is 2. The molecule has 0 atom stereocenters. The van der Waals surface area contributed by atoms with E-state index in [0.717, 1.165) is 0 Å². The third kappa shape index (κ3) is 13.4. The van der Waals surface area contributed by atoms with Crippen molar-refractivity contribution < 1.29 is 74.5 Å². The lowest BCUT2D eigenvalue weighted by atomic mass is 9.81. The van der Waals surface area contributed by atoms with Crippen LogP contribution in [0.3, 0.4) is 0 Å². The van der Waals surface area contributed by atoms with E-state index in [9.17, 15) is 69.9 Å². The Balaban J connectivity index is 1.25. The van der Waals surface area contributed by atoms with Gasteiger partial charge >= 0.3 is 0 Å². The molecule has 30 heteroatoms. The van der Waals surface area contributed by atoms with Crippen LogP contribution in [0.5, 0.6) is 0 Å². The van der Waals surface area contributed by atoms with Crippen LogP contribution in [0.1, 0.15) is 83.8 Å². The molecule has 5 aromatic rings. The highest BCUT2D eigenvalue weighted by molar-refractivity contribution is 7.86. The van der Waals surface area contributed by atoms with E-state index in [1.54, 1.807) is 67.5 Å². The van der Waals surface area contributed by atoms with E-state index in [4.69, 9.17) is 0 Å². The molecule has 0 saturated heterocycles. The fourth-order valence-electron chi connectivity index (χ4n) is 8.63. The number of benzene rings is 2. The summed E-state index contributed by atoms with van der Waals surface area (Å²) in [5.74, 6) is -2.38. The maximum atomic E-state index is 13.5. The zero-order chi connectivity index (χ0) is 55.8. The van der Waals surface area contributed by atoms with E-state index in [2.05, 4.69) is 30.8 Å². The molecule has 2 amide bonds. The van der Waals surface area contributed by atoms with Crippen molar-refractivity contribution in [2.75, 3.05) is 34.8 Å². The summed E-state index contributed by atoms with van der Waals surface area (Å²) in [4.78, 5) is 36.0. The molecule has 404 valence electrons. The molecule has 0 bridgehead atoms. The quantitative estimate of drug-likeness (QED) is 0.0188. The number of nitrogens with zero attached hydrogens (tertiary/aromatic N) is 6. The summed E-state index contributed by atoms with van der Waals surface area (Å²) in [6, 6.07) is 13.9. The Morgan fingerprint density at radius 3 is 1.96 bits per heavy atom. The molecule has 3 aromatic heterocycles. The van der Waals surface area contributed by atoms with Crippen molar-refractivity contribution in [3.05, 3.63) is 137 Å². The van der Waals surface area contributed by atoms with Gasteiger partial charge in [-0.15, -0.1) is 10.2 Å². The van der Waals surface area contributed by atoms with Crippen LogP contribution < -0.4 is 15.5 Å². The monoisotopic (exact) mass is 1160 g/mol. The van der Waals surface area contributed by atoms with Gasteiger partial charge in [-0.2, -0.15) is 38.2 Å². The zero-order valence-electron chi connectivity index (χ0n) is 40.5. The van der Waals surface area contributed by atoms with Crippen molar-refractivity contribution in [3.63, 3.8) is 0 Å². The smallest absolute Gasteiger partial charge is 0.294 e. The molecule has 0 saturated carbocycles. The van der Waals surface area contributed by atoms with Crippen molar-refractivity contribution in [2.24, 2.45) is 0 Å². The number of carbonyl (C=O) groups excluding carboxylic acids is 2. The molecule has 24 nitrogen and oxygen atoms in total. The normalized spacial score (nSPS) is 16.1. The average Bonchev–Trinajstić information content (AvgIpc) is 3.97. The first kappa shape index (κ1) is 57.2. The molecular formula is C46H49N8O16S6+. The molecule has 6 N–H and O–H groups in total. The van der Waals surface area contributed by atoms with Gasteiger partial charge in [-0.3, -0.25) is 43.1 Å². The third-order valence-electron chi connectivity index (χ3n) is 12.4. The largest absolute Gasteiger partial charge is 0.346 e. The maximum absolute atomic E-state index is 13.5. The van der Waals surface area contributed by atoms with Gasteiger partial charge in [-0.1, -0.05) is 31.3 Å². The van der Waals surface area contributed by atoms with E-state index in [0.29, 0.717) is 56.5 Å². The second kappa shape index (κ2) is 21.9. The third-order valence-corrected chi connectivity index (χ3v) is 17.4. The topological polar surface area (TPSA) is 368 Å². The lowest BCUT2D eigenvalue weighted by Crippen LogP contribution is -2.28. The van der Waals surface area contributed by atoms with Gasteiger partial charge in [0.05, 0.1) is 55.8 Å². The van der Waals surface area contributed by atoms with Gasteiger partial charge in [-0.05, 0) is 92.6 Å². The zero-order valence-corrected chi connectivity index (χ0v) is 45.5. The molecule has 0 unspecified atom stereocenters. The first-order chi connectivity index (χ1) is 35.3. The van der Waals surface area contributed by atoms with Crippen LogP contribution in [0.4, 0.5) is 16.5 Å². The number of rotatable bonds is 20. The van der Waals surface area contributed by atoms with E-state index in [1.807, 2.05) is 0 Å². The van der Waals surface area contributed by atoms with Gasteiger partial charge in [0.15, 0.2) is 16.4 Å². The summed E-state index contributed by atoms with van der Waals surface area (Å²) in [5, 5.41) is 12.2. The minimum Gasteiger partial charge on any atom is -0.346 e. The van der Waals surface area contributed by atoms with Gasteiger partial charge in [0.2, 0.25) is 15.2 Å². The number of thiol groups is 1. The predicted octanol–water partition coefficient (Wildman–Crippen LogP) is 4.23. The molecule has 0 radical (unpaired) electrons. The van der Waals surface area contributed by atoms with Crippen LogP contribution in [-0.4, -0.2) is 127 Å². The number of hydrogen-bond acceptors (Lipinski definition) is 18. The molecule has 0 fully saturated rings. The van der Waals surface area contributed by atoms with Crippen molar-refractivity contribution in [3.8, 4) is 0 Å². The second-order valence-electron chi connectivity index (χ2n) is 18.3. The number of hydrogen-bond donors (Lipinski definition) is 7. The molecule has 2 aliphatic rings. The lowest BCUT2D eigenvalue weighted by Gasteiger charge is -2.27. The first-order valence-electron chi connectivity index (χ1n) is 22.5. The standard InChI is InChI=1S/C46H48N8O16S6/c1-45(2)34-23-32(75(65,66)67)12-15-37(34)53(19-5-21-73(59,60)61)39(45)17-9-28(10-18-40-46(3,4)35-24-33(76(68,69)70)13-16-38(35)54(40)20-6-22-74(62,63)64)36-14-8-29(26-48-36)41(55)49-27-31-11-7-30(25-47-31)42(56)50-43-51-52-44(71-43)72(57)58/h7-18,23-26,72H,5-6,19-22,27H2,1-4H3,(H5-,49,50,51,55,56,57,58,59,60,61,62,63,64,65,66,67,68,69,70)/p+1. The van der Waals surface area contributed by atoms with Gasteiger partial charge in [0, 0.05) is 65.4 Å². The predicted molar refractivity (Wildman–Crippen MR) is 279 cm³/mol. The number of allylic oxidation sites excluding steroid dienone is 6. The molecule has 7 rings (SSSR count). The summed E-state index contributed by atoms with van der Waals surface area (Å²) < 4.78 is 159. The van der Waals surface area contributed by atoms with Gasteiger partial charge in [0.25, 0.3) is 52.3 Å². The fourth-order valence-corrected chi connectivity index (χ4v) is 11.8. The number of pyridine rings is 2. The van der Waals surface area contributed by atoms with Crippen LogP contribution in [0.25, 0.3) is 5.57 Å². The van der Waals surface area contributed by atoms with E-state index >= 15 is 0 Å². The van der Waals surface area contributed by atoms with Crippen molar-refractivity contribution in [2.45, 2.75) is 72.0 Å². The van der Waals surface area contributed by atoms with Gasteiger partial charge < -0.3 is 10.2 Å². The highest BCUT2D eigenvalue weighted by Crippen LogP contribution is 2.49. The number of anilines is 2. The molecule has 2 aromatic carbocycles. The Kier molecular flexibility index (Phi) is 16.5. The summed E-state index contributed by atoms with van der Waals surface area (Å²) in [6.45, 7) is 7.11. The Morgan fingerprint density at radius 2 is 1.37 bits per heavy atom. The number of aromatic nitrogens is 4. The van der Waals surface area contributed by atoms with Crippen LogP contribution in [0.2, 0.25) is 0 Å². The molecule has 0 spiro atoms. The van der Waals surface area contributed by atoms with Crippen LogP contribution in [-0.2, 0) is 68.6 Å². The molecular weight excluding hydrogens is 1110 g/mol. The Labute approximate surface area is 443 Å². The molecule has 5 heterocycles. The SMILES string of the molecule is CC1(C)C(/C=C/C(=C/C=C2/N(CCCS(=O)(=O)O)c3ccc(S(=O)(=O)O)cc3C2(C)C)c2ccc(C(=O)NCc3ccc(C(=O)Nc4nnc([SH](=O)=O)s4)cn3)cn2)=[N+](CCCS(=O)(=O)O)c2ccc(S(=O)(=O)O)cc21. The Hall–Kier alpha value is -6.48. The van der Waals surface area contributed by atoms with Gasteiger partial charge in [0.1, 0.15) is 6.54 Å². The minimum absolute atomic E-state index is 0.0270.